The van der Waals surface area contributed by atoms with Gasteiger partial charge < -0.3 is 19.7 Å². The SMILES string of the molecule is CCCCOc1ccc(C)c(C(O)C(=O)O)c1-c1ccc2c(c1)CCCO2. The molecule has 1 aliphatic rings. The van der Waals surface area contributed by atoms with E-state index in [2.05, 4.69) is 6.92 Å². The maximum absolute atomic E-state index is 11.5. The molecule has 2 aromatic rings. The Morgan fingerprint density at radius 3 is 2.85 bits per heavy atom. The van der Waals surface area contributed by atoms with E-state index in [1.807, 2.05) is 31.2 Å². The van der Waals surface area contributed by atoms with Gasteiger partial charge in [0.2, 0.25) is 0 Å². The molecule has 0 saturated carbocycles. The highest BCUT2D eigenvalue weighted by Gasteiger charge is 2.26. The van der Waals surface area contributed by atoms with Gasteiger partial charge in [-0.3, -0.25) is 0 Å². The van der Waals surface area contributed by atoms with Crippen LogP contribution >= 0.6 is 0 Å². The number of carbonyl (C=O) groups is 1. The maximum Gasteiger partial charge on any atom is 0.337 e. The Labute approximate surface area is 159 Å². The van der Waals surface area contributed by atoms with Crippen LogP contribution in [0.3, 0.4) is 0 Å². The standard InChI is InChI=1S/C22H26O5/c1-3-4-11-27-18-9-7-14(2)19(21(23)22(24)25)20(18)16-8-10-17-15(13-16)6-5-12-26-17/h7-10,13,21,23H,3-6,11-12H2,1-2H3,(H,24,25). The second kappa shape index (κ2) is 8.44. The Kier molecular flexibility index (Phi) is 6.01. The number of benzene rings is 2. The van der Waals surface area contributed by atoms with Crippen LogP contribution in [0.5, 0.6) is 11.5 Å². The summed E-state index contributed by atoms with van der Waals surface area (Å²) in [6.45, 7) is 5.15. The van der Waals surface area contributed by atoms with E-state index in [0.29, 0.717) is 30.1 Å². The van der Waals surface area contributed by atoms with Crippen molar-refractivity contribution in [1.29, 1.82) is 0 Å². The highest BCUT2D eigenvalue weighted by atomic mass is 16.5. The van der Waals surface area contributed by atoms with Crippen molar-refractivity contribution >= 4 is 5.97 Å². The van der Waals surface area contributed by atoms with Crippen LogP contribution in [0.1, 0.15) is 49.0 Å². The summed E-state index contributed by atoms with van der Waals surface area (Å²) in [7, 11) is 0. The van der Waals surface area contributed by atoms with E-state index in [0.717, 1.165) is 48.1 Å². The summed E-state index contributed by atoms with van der Waals surface area (Å²) in [6.07, 6.45) is 2.17. The fourth-order valence-corrected chi connectivity index (χ4v) is 3.44. The van der Waals surface area contributed by atoms with E-state index in [-0.39, 0.29) is 0 Å². The highest BCUT2D eigenvalue weighted by Crippen LogP contribution is 2.41. The number of aliphatic carboxylic acids is 1. The van der Waals surface area contributed by atoms with E-state index in [9.17, 15) is 15.0 Å². The number of carboxylic acid groups (broad SMARTS) is 1. The van der Waals surface area contributed by atoms with E-state index < -0.39 is 12.1 Å². The Morgan fingerprint density at radius 1 is 1.30 bits per heavy atom. The molecule has 0 saturated heterocycles. The van der Waals surface area contributed by atoms with Crippen molar-refractivity contribution in [2.45, 2.75) is 45.6 Å². The lowest BCUT2D eigenvalue weighted by atomic mass is 9.90. The zero-order valence-electron chi connectivity index (χ0n) is 15.8. The van der Waals surface area contributed by atoms with Crippen LogP contribution in [-0.2, 0) is 11.2 Å². The molecule has 1 heterocycles. The van der Waals surface area contributed by atoms with Crippen LogP contribution in [0, 0.1) is 6.92 Å². The summed E-state index contributed by atoms with van der Waals surface area (Å²) >= 11 is 0. The molecule has 0 aliphatic carbocycles. The molecular weight excluding hydrogens is 344 g/mol. The number of hydrogen-bond acceptors (Lipinski definition) is 4. The Morgan fingerprint density at radius 2 is 2.11 bits per heavy atom. The monoisotopic (exact) mass is 370 g/mol. The van der Waals surface area contributed by atoms with Gasteiger partial charge in [0.15, 0.2) is 6.10 Å². The van der Waals surface area contributed by atoms with Crippen LogP contribution in [0.15, 0.2) is 30.3 Å². The van der Waals surface area contributed by atoms with Crippen molar-refractivity contribution in [3.8, 4) is 22.6 Å². The van der Waals surface area contributed by atoms with E-state index >= 15 is 0 Å². The van der Waals surface area contributed by atoms with Gasteiger partial charge in [-0.1, -0.05) is 25.5 Å². The smallest absolute Gasteiger partial charge is 0.337 e. The summed E-state index contributed by atoms with van der Waals surface area (Å²) in [5, 5.41) is 19.8. The number of aliphatic hydroxyl groups is 1. The average Bonchev–Trinajstić information content (AvgIpc) is 2.68. The zero-order valence-corrected chi connectivity index (χ0v) is 15.8. The van der Waals surface area contributed by atoms with Crippen molar-refractivity contribution in [1.82, 2.24) is 0 Å². The fraction of sp³-hybridized carbons (Fsp3) is 0.409. The molecule has 144 valence electrons. The quantitative estimate of drug-likeness (QED) is 0.711. The molecule has 27 heavy (non-hydrogen) atoms. The average molecular weight is 370 g/mol. The molecule has 0 bridgehead atoms. The fourth-order valence-electron chi connectivity index (χ4n) is 3.44. The van der Waals surface area contributed by atoms with Crippen molar-refractivity contribution in [2.24, 2.45) is 0 Å². The first kappa shape index (κ1) is 19.2. The molecular formula is C22H26O5. The molecule has 5 heteroatoms. The second-order valence-corrected chi connectivity index (χ2v) is 6.89. The second-order valence-electron chi connectivity index (χ2n) is 6.89. The summed E-state index contributed by atoms with van der Waals surface area (Å²) < 4.78 is 11.7. The van der Waals surface area contributed by atoms with Crippen LogP contribution in [-0.4, -0.2) is 29.4 Å². The molecule has 0 amide bonds. The lowest BCUT2D eigenvalue weighted by Gasteiger charge is -2.22. The number of unbranched alkanes of at least 4 members (excludes halogenated alkanes) is 1. The van der Waals surface area contributed by atoms with E-state index in [1.165, 1.54) is 0 Å². The number of fused-ring (bicyclic) bond motifs is 1. The molecule has 2 N–H and O–H groups in total. The van der Waals surface area contributed by atoms with Gasteiger partial charge in [-0.05, 0) is 61.1 Å². The Hall–Kier alpha value is -2.53. The number of hydrogen-bond donors (Lipinski definition) is 2. The number of carboxylic acids is 1. The van der Waals surface area contributed by atoms with E-state index in [4.69, 9.17) is 9.47 Å². The van der Waals surface area contributed by atoms with Gasteiger partial charge in [0.25, 0.3) is 0 Å². The van der Waals surface area contributed by atoms with Gasteiger partial charge >= 0.3 is 5.97 Å². The minimum absolute atomic E-state index is 0.383. The van der Waals surface area contributed by atoms with Crippen LogP contribution < -0.4 is 9.47 Å². The molecule has 0 fully saturated rings. The summed E-state index contributed by atoms with van der Waals surface area (Å²) in [6, 6.07) is 9.50. The summed E-state index contributed by atoms with van der Waals surface area (Å²) in [4.78, 5) is 11.5. The molecule has 0 aromatic heterocycles. The number of aliphatic hydroxyl groups excluding tert-OH is 1. The number of aryl methyl sites for hydroxylation is 2. The maximum atomic E-state index is 11.5. The van der Waals surface area contributed by atoms with E-state index in [1.54, 1.807) is 6.07 Å². The minimum Gasteiger partial charge on any atom is -0.493 e. The first-order valence-electron chi connectivity index (χ1n) is 9.46. The number of rotatable bonds is 7. The normalized spacial score (nSPS) is 14.2. The third-order valence-electron chi connectivity index (χ3n) is 4.89. The topological polar surface area (TPSA) is 76.0 Å². The van der Waals surface area contributed by atoms with Gasteiger partial charge in [-0.15, -0.1) is 0 Å². The molecule has 0 radical (unpaired) electrons. The predicted molar refractivity (Wildman–Crippen MR) is 103 cm³/mol. The lowest BCUT2D eigenvalue weighted by Crippen LogP contribution is -2.14. The molecule has 1 unspecified atom stereocenters. The summed E-state index contributed by atoms with van der Waals surface area (Å²) in [5.74, 6) is 0.193. The largest absolute Gasteiger partial charge is 0.493 e. The van der Waals surface area contributed by atoms with Gasteiger partial charge in [0, 0.05) is 11.1 Å². The van der Waals surface area contributed by atoms with Crippen LogP contribution in [0.4, 0.5) is 0 Å². The lowest BCUT2D eigenvalue weighted by molar-refractivity contribution is -0.146. The zero-order chi connectivity index (χ0) is 19.4. The first-order chi connectivity index (χ1) is 13.0. The first-order valence-corrected chi connectivity index (χ1v) is 9.46. The van der Waals surface area contributed by atoms with Crippen molar-refractivity contribution in [3.05, 3.63) is 47.0 Å². The number of ether oxygens (including phenoxy) is 2. The third kappa shape index (κ3) is 4.08. The molecule has 1 aliphatic heterocycles. The molecule has 1 atom stereocenters. The molecule has 0 spiro atoms. The van der Waals surface area contributed by atoms with Gasteiger partial charge in [-0.2, -0.15) is 0 Å². The Balaban J connectivity index is 2.14. The highest BCUT2D eigenvalue weighted by molar-refractivity contribution is 5.84. The molecule has 5 nitrogen and oxygen atoms in total. The van der Waals surface area contributed by atoms with Gasteiger partial charge in [0.05, 0.1) is 13.2 Å². The summed E-state index contributed by atoms with van der Waals surface area (Å²) in [5.41, 5.74) is 3.68. The third-order valence-corrected chi connectivity index (χ3v) is 4.89. The molecule has 2 aromatic carbocycles. The van der Waals surface area contributed by atoms with Crippen molar-refractivity contribution < 1.29 is 24.5 Å². The van der Waals surface area contributed by atoms with Crippen molar-refractivity contribution in [3.63, 3.8) is 0 Å². The van der Waals surface area contributed by atoms with Crippen LogP contribution in [0.25, 0.3) is 11.1 Å². The Bertz CT molecular complexity index is 828. The van der Waals surface area contributed by atoms with Crippen LogP contribution in [0.2, 0.25) is 0 Å². The van der Waals surface area contributed by atoms with Gasteiger partial charge in [0.1, 0.15) is 11.5 Å². The van der Waals surface area contributed by atoms with Gasteiger partial charge in [-0.25, -0.2) is 4.79 Å². The predicted octanol–water partition coefficient (Wildman–Crippen LogP) is 4.28. The van der Waals surface area contributed by atoms with Crippen molar-refractivity contribution in [2.75, 3.05) is 13.2 Å². The molecule has 3 rings (SSSR count). The minimum atomic E-state index is -1.61.